The number of carbonyl (C=O) groups is 2. The van der Waals surface area contributed by atoms with Crippen LogP contribution >= 0.6 is 11.3 Å². The predicted molar refractivity (Wildman–Crippen MR) is 115 cm³/mol. The largest absolute Gasteiger partial charge is 0.494 e. The summed E-state index contributed by atoms with van der Waals surface area (Å²) < 4.78 is 16.0. The first-order valence-electron chi connectivity index (χ1n) is 9.49. The molecule has 0 aliphatic rings. The Morgan fingerprint density at radius 2 is 1.60 bits per heavy atom. The van der Waals surface area contributed by atoms with Gasteiger partial charge in [-0.1, -0.05) is 41.7 Å². The van der Waals surface area contributed by atoms with E-state index in [4.69, 9.17) is 14.2 Å². The van der Waals surface area contributed by atoms with Gasteiger partial charge in [-0.05, 0) is 38.1 Å². The zero-order valence-electron chi connectivity index (χ0n) is 16.7. The van der Waals surface area contributed by atoms with Gasteiger partial charge in [0.15, 0.2) is 11.7 Å². The maximum Gasteiger partial charge on any atom is 0.350 e. The first-order chi connectivity index (χ1) is 14.6. The summed E-state index contributed by atoms with van der Waals surface area (Å²) in [6.07, 6.45) is 0. The number of ether oxygens (including phenoxy) is 3. The number of hydrogen-bond acceptors (Lipinski definition) is 7. The van der Waals surface area contributed by atoms with E-state index >= 15 is 0 Å². The number of carbonyl (C=O) groups excluding carboxylic acids is 2. The quantitative estimate of drug-likeness (QED) is 0.510. The Morgan fingerprint density at radius 1 is 0.933 bits per heavy atom. The van der Waals surface area contributed by atoms with Crippen molar-refractivity contribution in [1.29, 1.82) is 0 Å². The molecule has 156 valence electrons. The van der Waals surface area contributed by atoms with Gasteiger partial charge in [0.2, 0.25) is 0 Å². The maximum atomic E-state index is 12.3. The van der Waals surface area contributed by atoms with E-state index in [0.29, 0.717) is 28.1 Å². The number of hydrogen-bond donors (Lipinski definition) is 1. The molecule has 1 amide bonds. The molecular formula is C22H22N2O5S. The van der Waals surface area contributed by atoms with E-state index in [2.05, 4.69) is 10.3 Å². The third-order valence-electron chi connectivity index (χ3n) is 3.89. The topological polar surface area (TPSA) is 86.8 Å². The Morgan fingerprint density at radius 3 is 2.23 bits per heavy atom. The average molecular weight is 426 g/mol. The van der Waals surface area contributed by atoms with Crippen LogP contribution in [0.1, 0.15) is 23.5 Å². The second-order valence-electron chi connectivity index (χ2n) is 6.02. The van der Waals surface area contributed by atoms with Gasteiger partial charge in [0.25, 0.3) is 5.91 Å². The smallest absolute Gasteiger partial charge is 0.350 e. The molecule has 30 heavy (non-hydrogen) atoms. The first-order valence-corrected chi connectivity index (χ1v) is 10.3. The second-order valence-corrected chi connectivity index (χ2v) is 7.02. The minimum Gasteiger partial charge on any atom is -0.494 e. The number of esters is 1. The zero-order chi connectivity index (χ0) is 21.3. The van der Waals surface area contributed by atoms with Crippen molar-refractivity contribution in [2.45, 2.75) is 13.8 Å². The lowest BCUT2D eigenvalue weighted by molar-refractivity contribution is -0.118. The van der Waals surface area contributed by atoms with Crippen LogP contribution in [0, 0.1) is 0 Å². The molecule has 0 aliphatic heterocycles. The van der Waals surface area contributed by atoms with Crippen LogP contribution in [-0.4, -0.2) is 36.7 Å². The van der Waals surface area contributed by atoms with E-state index in [1.165, 1.54) is 0 Å². The number of rotatable bonds is 9. The van der Waals surface area contributed by atoms with E-state index in [9.17, 15) is 9.59 Å². The highest BCUT2D eigenvalue weighted by Crippen LogP contribution is 2.31. The van der Waals surface area contributed by atoms with E-state index in [1.54, 1.807) is 31.2 Å². The molecule has 3 rings (SSSR count). The van der Waals surface area contributed by atoms with Crippen molar-refractivity contribution < 1.29 is 23.8 Å². The van der Waals surface area contributed by atoms with Gasteiger partial charge in [0.05, 0.1) is 18.9 Å². The summed E-state index contributed by atoms with van der Waals surface area (Å²) in [7, 11) is 0. The molecule has 1 aromatic heterocycles. The van der Waals surface area contributed by atoms with E-state index in [0.717, 1.165) is 22.6 Å². The van der Waals surface area contributed by atoms with Crippen LogP contribution in [0.15, 0.2) is 54.6 Å². The molecule has 1 heterocycles. The Balaban J connectivity index is 1.68. The molecule has 0 saturated heterocycles. The molecule has 0 spiro atoms. The standard InChI is InChI=1S/C22H22N2O5S/c1-3-27-16-10-12-17(13-11-16)29-14-18(25)23-22-24-19(15-8-6-5-7-9-15)20(30-22)21(26)28-4-2/h5-13H,3-4,14H2,1-2H3,(H,23,24,25). The van der Waals surface area contributed by atoms with Gasteiger partial charge in [-0.25, -0.2) is 9.78 Å². The van der Waals surface area contributed by atoms with Gasteiger partial charge in [0, 0.05) is 5.56 Å². The molecule has 0 unspecified atom stereocenters. The molecular weight excluding hydrogens is 404 g/mol. The maximum absolute atomic E-state index is 12.3. The van der Waals surface area contributed by atoms with E-state index < -0.39 is 5.97 Å². The molecule has 0 fully saturated rings. The minimum atomic E-state index is -0.472. The molecule has 8 heteroatoms. The molecule has 0 saturated carbocycles. The fourth-order valence-electron chi connectivity index (χ4n) is 2.60. The highest BCUT2D eigenvalue weighted by Gasteiger charge is 2.21. The van der Waals surface area contributed by atoms with Crippen LogP contribution < -0.4 is 14.8 Å². The van der Waals surface area contributed by atoms with Crippen molar-refractivity contribution in [3.63, 3.8) is 0 Å². The Labute approximate surface area is 178 Å². The summed E-state index contributed by atoms with van der Waals surface area (Å²) >= 11 is 1.07. The van der Waals surface area contributed by atoms with Gasteiger partial charge < -0.3 is 14.2 Å². The summed E-state index contributed by atoms with van der Waals surface area (Å²) in [6.45, 7) is 4.28. The lowest BCUT2D eigenvalue weighted by atomic mass is 10.1. The number of anilines is 1. The van der Waals surface area contributed by atoms with Crippen molar-refractivity contribution >= 4 is 28.3 Å². The Bertz CT molecular complexity index is 987. The van der Waals surface area contributed by atoms with E-state index in [-0.39, 0.29) is 19.1 Å². The van der Waals surface area contributed by atoms with Crippen LogP contribution in [0.5, 0.6) is 11.5 Å². The minimum absolute atomic E-state index is 0.191. The molecule has 7 nitrogen and oxygen atoms in total. The summed E-state index contributed by atoms with van der Waals surface area (Å²) in [5, 5.41) is 2.99. The molecule has 2 aromatic carbocycles. The van der Waals surface area contributed by atoms with Crippen LogP contribution in [-0.2, 0) is 9.53 Å². The lowest BCUT2D eigenvalue weighted by Crippen LogP contribution is -2.20. The van der Waals surface area contributed by atoms with Crippen molar-refractivity contribution in [2.24, 2.45) is 0 Å². The van der Waals surface area contributed by atoms with Crippen molar-refractivity contribution in [3.05, 3.63) is 59.5 Å². The van der Waals surface area contributed by atoms with E-state index in [1.807, 2.05) is 37.3 Å². The van der Waals surface area contributed by atoms with Crippen molar-refractivity contribution in [3.8, 4) is 22.8 Å². The predicted octanol–water partition coefficient (Wildman–Crippen LogP) is 4.40. The van der Waals surface area contributed by atoms with Crippen LogP contribution in [0.4, 0.5) is 5.13 Å². The SMILES string of the molecule is CCOC(=O)c1sc(NC(=O)COc2ccc(OCC)cc2)nc1-c1ccccc1. The number of nitrogens with one attached hydrogen (secondary N) is 1. The van der Waals surface area contributed by atoms with Crippen LogP contribution in [0.25, 0.3) is 11.3 Å². The molecule has 3 aromatic rings. The number of nitrogens with zero attached hydrogens (tertiary/aromatic N) is 1. The summed E-state index contributed by atoms with van der Waals surface area (Å²) in [5.74, 6) is 0.426. The van der Waals surface area contributed by atoms with Crippen LogP contribution in [0.3, 0.4) is 0 Å². The van der Waals surface area contributed by atoms with Crippen molar-refractivity contribution in [2.75, 3.05) is 25.1 Å². The lowest BCUT2D eigenvalue weighted by Gasteiger charge is -2.07. The zero-order valence-corrected chi connectivity index (χ0v) is 17.5. The highest BCUT2D eigenvalue weighted by molar-refractivity contribution is 7.18. The summed E-state index contributed by atoms with van der Waals surface area (Å²) in [5.41, 5.74) is 1.24. The number of thiazole rings is 1. The third kappa shape index (κ3) is 5.57. The normalized spacial score (nSPS) is 10.3. The first kappa shape index (κ1) is 21.3. The molecule has 0 radical (unpaired) electrons. The number of aromatic nitrogens is 1. The molecule has 1 N–H and O–H groups in total. The Kier molecular flexibility index (Phi) is 7.40. The number of amides is 1. The molecule has 0 atom stereocenters. The molecule has 0 aliphatic carbocycles. The monoisotopic (exact) mass is 426 g/mol. The van der Waals surface area contributed by atoms with Gasteiger partial charge in [-0.2, -0.15) is 0 Å². The average Bonchev–Trinajstić information content (AvgIpc) is 3.18. The fraction of sp³-hybridized carbons (Fsp3) is 0.227. The Hall–Kier alpha value is -3.39. The van der Waals surface area contributed by atoms with Gasteiger partial charge >= 0.3 is 5.97 Å². The third-order valence-corrected chi connectivity index (χ3v) is 4.84. The van der Waals surface area contributed by atoms with Crippen LogP contribution in [0.2, 0.25) is 0 Å². The van der Waals surface area contributed by atoms with Gasteiger partial charge in [0.1, 0.15) is 16.4 Å². The molecule has 0 bridgehead atoms. The summed E-state index contributed by atoms with van der Waals surface area (Å²) in [6, 6.07) is 16.3. The second kappa shape index (κ2) is 10.4. The van der Waals surface area contributed by atoms with Crippen molar-refractivity contribution in [1.82, 2.24) is 4.98 Å². The van der Waals surface area contributed by atoms with Gasteiger partial charge in [-0.15, -0.1) is 0 Å². The highest BCUT2D eigenvalue weighted by atomic mass is 32.1. The number of benzene rings is 2. The summed E-state index contributed by atoms with van der Waals surface area (Å²) in [4.78, 5) is 29.4. The fourth-order valence-corrected chi connectivity index (χ4v) is 3.50. The van der Waals surface area contributed by atoms with Gasteiger partial charge in [-0.3, -0.25) is 10.1 Å².